The fraction of sp³-hybridized carbons (Fsp3) is 0.339. The fourth-order valence-electron chi connectivity index (χ4n) is 10.8. The van der Waals surface area contributed by atoms with Crippen LogP contribution in [0.3, 0.4) is 0 Å². The minimum absolute atomic E-state index is 0. The van der Waals surface area contributed by atoms with Gasteiger partial charge in [0, 0.05) is 65.5 Å². The summed E-state index contributed by atoms with van der Waals surface area (Å²) in [4.78, 5) is 1.23. The third-order valence-corrected chi connectivity index (χ3v) is 17.5. The van der Waals surface area contributed by atoms with Gasteiger partial charge in [0.05, 0.1) is 35.4 Å². The molecule has 0 bridgehead atoms. The second-order valence-corrected chi connectivity index (χ2v) is 26.5. The zero-order valence-electron chi connectivity index (χ0n) is 45.9. The van der Waals surface area contributed by atoms with Gasteiger partial charge in [-0.3, -0.25) is 0 Å². The molecule has 0 aromatic heterocycles. The monoisotopic (exact) mass is 1210 g/mol. The van der Waals surface area contributed by atoms with Gasteiger partial charge in [-0.05, 0) is 164 Å². The topological polar surface area (TPSA) is 256 Å². The molecule has 2 aliphatic heterocycles. The van der Waals surface area contributed by atoms with Gasteiger partial charge >= 0.3 is 132 Å². The van der Waals surface area contributed by atoms with Gasteiger partial charge in [-0.15, -0.1) is 0 Å². The second kappa shape index (κ2) is 27.2. The van der Waals surface area contributed by atoms with E-state index >= 15 is 0 Å². The van der Waals surface area contributed by atoms with Crippen molar-refractivity contribution in [3.05, 3.63) is 161 Å². The van der Waals surface area contributed by atoms with E-state index in [1.54, 1.807) is 36.4 Å². The minimum atomic E-state index is -4.75. The Kier molecular flexibility index (Phi) is 23.5. The molecule has 0 saturated carbocycles. The molecule has 0 fully saturated rings. The molecule has 23 heteroatoms. The first-order valence-electron chi connectivity index (χ1n) is 24.8. The van der Waals surface area contributed by atoms with Gasteiger partial charge in [0.2, 0.25) is 5.69 Å². The van der Waals surface area contributed by atoms with Crippen molar-refractivity contribution in [2.45, 2.75) is 93.8 Å². The van der Waals surface area contributed by atoms with Crippen molar-refractivity contribution in [2.75, 3.05) is 42.6 Å². The maximum Gasteiger partial charge on any atom is 1.00 e. The first-order chi connectivity index (χ1) is 35.5. The van der Waals surface area contributed by atoms with Gasteiger partial charge in [0.15, 0.2) is 5.71 Å². The van der Waals surface area contributed by atoms with Crippen LogP contribution in [0.15, 0.2) is 154 Å². The average molecular weight is 1210 g/mol. The molecule has 5 aromatic rings. The number of allylic oxidation sites excluding steroid dienone is 7. The van der Waals surface area contributed by atoms with Crippen molar-refractivity contribution in [1.82, 2.24) is 5.32 Å². The summed E-state index contributed by atoms with van der Waals surface area (Å²) in [6, 6.07) is 23.3. The fourth-order valence-corrected chi connectivity index (χ4v) is 12.8. The van der Waals surface area contributed by atoms with Gasteiger partial charge < -0.3 is 33.2 Å². The van der Waals surface area contributed by atoms with Crippen molar-refractivity contribution < 1.29 is 194 Å². The average Bonchev–Trinajstić information content (AvgIpc) is 3.99. The van der Waals surface area contributed by atoms with Crippen LogP contribution in [0, 0.1) is 0 Å². The summed E-state index contributed by atoms with van der Waals surface area (Å²) in [6.07, 6.45) is 10.6. The van der Waals surface area contributed by atoms with Crippen LogP contribution < -0.4 is 147 Å². The van der Waals surface area contributed by atoms with Crippen molar-refractivity contribution in [3.8, 4) is 5.75 Å². The number of rotatable bonds is 20. The Morgan fingerprint density at radius 1 is 0.722 bits per heavy atom. The predicted octanol–water partition coefficient (Wildman–Crippen LogP) is -0.550. The van der Waals surface area contributed by atoms with Crippen molar-refractivity contribution in [3.63, 3.8) is 0 Å². The zero-order valence-corrected chi connectivity index (χ0v) is 57.4. The zero-order chi connectivity index (χ0) is 55.2. The molecule has 79 heavy (non-hydrogen) atoms. The smallest absolute Gasteiger partial charge is 0.748 e. The van der Waals surface area contributed by atoms with Crippen LogP contribution in [-0.4, -0.2) is 99.9 Å². The van der Waals surface area contributed by atoms with Crippen molar-refractivity contribution >= 4 is 79.1 Å². The molecule has 0 amide bonds. The van der Waals surface area contributed by atoms with E-state index in [2.05, 4.69) is 11.9 Å². The third-order valence-electron chi connectivity index (χ3n) is 14.3. The number of anilines is 1. The van der Waals surface area contributed by atoms with Gasteiger partial charge in [-0.25, -0.2) is 33.7 Å². The van der Waals surface area contributed by atoms with Crippen molar-refractivity contribution in [1.29, 1.82) is 0 Å². The maximum atomic E-state index is 12.0. The molecule has 8 rings (SSSR count). The Labute approximate surface area is 572 Å². The van der Waals surface area contributed by atoms with Crippen molar-refractivity contribution in [2.24, 2.45) is 0 Å². The Bertz CT molecular complexity index is 3820. The summed E-state index contributed by atoms with van der Waals surface area (Å²) < 4.78 is 152. The van der Waals surface area contributed by atoms with Gasteiger partial charge in [0.25, 0.3) is 0 Å². The Balaban J connectivity index is 0.00000383. The molecule has 0 atom stereocenters. The first kappa shape index (κ1) is 68.2. The van der Waals surface area contributed by atoms with Gasteiger partial charge in [-0.2, -0.15) is 4.58 Å². The SMILES string of the molecule is C=C(C)CNCCc1ccc(OC2=C(/C=C/C3=[N+](CCCS(=O)(=O)[O-])c4ccc5cc(S(=O)(=O)[O-])ccc5c4C3(C)C)CCC/C2=C\C=C2/N(CCCS(=O)(=O)[O-])c3ccc4cc(S(=O)(=O)[O-])ccc4c3C2(C)C)cc1.[K+].[K+].[Na+]. The summed E-state index contributed by atoms with van der Waals surface area (Å²) >= 11 is 0. The first-order valence-corrected chi connectivity index (χ1v) is 30.8. The van der Waals surface area contributed by atoms with E-state index in [1.807, 2.05) is 92.7 Å². The predicted molar refractivity (Wildman–Crippen MR) is 290 cm³/mol. The molecular formula is C56H60K2N3NaO13S4. The standard InChI is InChI=1S/C56H63N3O13S4.2K.Na/c1-37(2)36-57-29-28-38-12-18-43(19-13-38)72-54-39(16-26-50-55(3,4)52-46-22-20-44(75(66,67)68)34-41(46)14-24-48(52)58(50)30-8-32-73(60,61)62)10-7-11-40(54)17-27-51-56(5,6)53-47-23-21-45(76(69,70)71)35-42(47)15-25-49(53)59(51)31-9-33-74(63,64)65;;;/h12-27,34-35,57H,1,7-11,28-33,36H2,2-6H3,(H3-,60,61,62,63,64,65,66,67,68,69,70,71);;;/q;3*+1/p-3. The summed E-state index contributed by atoms with van der Waals surface area (Å²) in [5.41, 5.74) is 6.88. The van der Waals surface area contributed by atoms with E-state index in [4.69, 9.17) is 4.74 Å². The number of hydrogen-bond acceptors (Lipinski definition) is 15. The molecule has 2 heterocycles. The second-order valence-electron chi connectivity index (χ2n) is 20.7. The summed E-state index contributed by atoms with van der Waals surface area (Å²) in [5.74, 6) is -0.0253. The van der Waals surface area contributed by atoms with Crippen LogP contribution in [0.4, 0.5) is 11.4 Å². The summed E-state index contributed by atoms with van der Waals surface area (Å²) in [6.45, 7) is 15.7. The van der Waals surface area contributed by atoms with Crippen LogP contribution in [-0.2, 0) is 57.7 Å². The molecule has 404 valence electrons. The molecule has 3 aliphatic rings. The molecule has 0 radical (unpaired) electrons. The molecule has 1 N–H and O–H groups in total. The van der Waals surface area contributed by atoms with E-state index < -0.39 is 62.8 Å². The molecule has 0 spiro atoms. The van der Waals surface area contributed by atoms with E-state index in [-0.39, 0.29) is 168 Å². The van der Waals surface area contributed by atoms with E-state index in [0.29, 0.717) is 58.9 Å². The number of fused-ring (bicyclic) bond motifs is 6. The number of hydrogen-bond donors (Lipinski definition) is 1. The summed E-state index contributed by atoms with van der Waals surface area (Å²) in [7, 11) is -18.6. The normalized spacial score (nSPS) is 17.3. The largest absolute Gasteiger partial charge is 1.00 e. The molecule has 0 unspecified atom stereocenters. The van der Waals surface area contributed by atoms with Crippen LogP contribution in [0.2, 0.25) is 0 Å². The van der Waals surface area contributed by atoms with Crippen LogP contribution in [0.1, 0.15) is 83.4 Å². The van der Waals surface area contributed by atoms with Gasteiger partial charge in [-0.1, -0.05) is 62.4 Å². The maximum absolute atomic E-state index is 12.0. The molecule has 0 saturated heterocycles. The van der Waals surface area contributed by atoms with Crippen LogP contribution in [0.5, 0.6) is 5.75 Å². The molecule has 16 nitrogen and oxygen atoms in total. The number of nitrogens with zero attached hydrogens (tertiary/aromatic N) is 2. The van der Waals surface area contributed by atoms with E-state index in [1.165, 1.54) is 24.3 Å². The quantitative estimate of drug-likeness (QED) is 0.0337. The third kappa shape index (κ3) is 16.3. The minimum Gasteiger partial charge on any atom is -0.748 e. The molecule has 1 aliphatic carbocycles. The van der Waals surface area contributed by atoms with E-state index in [0.717, 1.165) is 69.2 Å². The Morgan fingerprint density at radius 2 is 1.30 bits per heavy atom. The number of ether oxygens (including phenoxy) is 1. The van der Waals surface area contributed by atoms with Gasteiger partial charge in [0.1, 0.15) is 38.3 Å². The summed E-state index contributed by atoms with van der Waals surface area (Å²) in [5, 5.41) is 5.83. The molecule has 5 aromatic carbocycles. The Hall–Kier alpha value is -1.54. The number of nitrogens with one attached hydrogen (secondary N) is 1. The Morgan fingerprint density at radius 3 is 1.89 bits per heavy atom. The van der Waals surface area contributed by atoms with Crippen LogP contribution >= 0.6 is 0 Å². The van der Waals surface area contributed by atoms with Crippen LogP contribution in [0.25, 0.3) is 21.5 Å². The molecular weight excluding hydrogens is 1150 g/mol. The number of benzene rings is 5. The van der Waals surface area contributed by atoms with E-state index in [9.17, 15) is 51.9 Å².